The molecule has 2 N–H and O–H groups in total. The Kier molecular flexibility index (Phi) is 7.49. The fraction of sp³-hybridized carbons (Fsp3) is 0.211. The third-order valence-electron chi connectivity index (χ3n) is 3.25. The minimum absolute atomic E-state index is 0.226. The highest BCUT2D eigenvalue weighted by Crippen LogP contribution is 2.11. The lowest BCUT2D eigenvalue weighted by Gasteiger charge is -2.09. The van der Waals surface area contributed by atoms with Crippen LogP contribution in [-0.2, 0) is 9.59 Å². The molecule has 2 amide bonds. The number of hydrazine groups is 1. The fourth-order valence-electron chi connectivity index (χ4n) is 1.95. The molecule has 0 radical (unpaired) electrons. The van der Waals surface area contributed by atoms with Crippen LogP contribution >= 0.6 is 0 Å². The van der Waals surface area contributed by atoms with Crippen LogP contribution in [0.15, 0.2) is 54.6 Å². The van der Waals surface area contributed by atoms with E-state index in [4.69, 9.17) is 14.7 Å². The van der Waals surface area contributed by atoms with Gasteiger partial charge in [-0.1, -0.05) is 18.2 Å². The fourth-order valence-corrected chi connectivity index (χ4v) is 1.95. The summed E-state index contributed by atoms with van der Waals surface area (Å²) in [5.41, 5.74) is 5.10. The molecule has 0 bridgehead atoms. The lowest BCUT2D eigenvalue weighted by Crippen LogP contribution is -2.43. The molecular formula is C19H19N3O4. The van der Waals surface area contributed by atoms with Crippen molar-refractivity contribution in [3.05, 3.63) is 60.2 Å². The summed E-state index contributed by atoms with van der Waals surface area (Å²) < 4.78 is 10.7. The molecule has 7 heteroatoms. The summed E-state index contributed by atoms with van der Waals surface area (Å²) in [4.78, 5) is 23.3. The van der Waals surface area contributed by atoms with Crippen LogP contribution in [0.25, 0.3) is 0 Å². The van der Waals surface area contributed by atoms with Crippen molar-refractivity contribution >= 4 is 11.8 Å². The van der Waals surface area contributed by atoms with Gasteiger partial charge in [0.2, 0.25) is 5.91 Å². The zero-order chi connectivity index (χ0) is 18.6. The summed E-state index contributed by atoms with van der Waals surface area (Å²) in [5.74, 6) is 0.418. The van der Waals surface area contributed by atoms with Crippen LogP contribution in [0.2, 0.25) is 0 Å². The van der Waals surface area contributed by atoms with Crippen LogP contribution in [0.5, 0.6) is 11.5 Å². The molecule has 0 atom stereocenters. The van der Waals surface area contributed by atoms with E-state index in [1.807, 2.05) is 36.4 Å². The number of hydrogen-bond donors (Lipinski definition) is 2. The molecule has 0 fully saturated rings. The first kappa shape index (κ1) is 18.8. The molecule has 0 spiro atoms. The second kappa shape index (κ2) is 10.4. The van der Waals surface area contributed by atoms with E-state index in [2.05, 4.69) is 10.9 Å². The third-order valence-corrected chi connectivity index (χ3v) is 3.25. The Morgan fingerprint density at radius 1 is 0.885 bits per heavy atom. The first-order valence-electron chi connectivity index (χ1n) is 8.06. The zero-order valence-electron chi connectivity index (χ0n) is 14.1. The Bertz CT molecular complexity index is 755. The maximum absolute atomic E-state index is 11.7. The van der Waals surface area contributed by atoms with Gasteiger partial charge in [0.1, 0.15) is 11.5 Å². The van der Waals surface area contributed by atoms with E-state index in [0.29, 0.717) is 24.3 Å². The van der Waals surface area contributed by atoms with E-state index in [0.717, 1.165) is 5.75 Å². The van der Waals surface area contributed by atoms with Gasteiger partial charge in [0.15, 0.2) is 6.61 Å². The average molecular weight is 353 g/mol. The SMILES string of the molecule is N#Cc1ccc(OCC(=O)NNC(=O)CCCOc2ccccc2)cc1. The monoisotopic (exact) mass is 353 g/mol. The van der Waals surface area contributed by atoms with Crippen LogP contribution in [-0.4, -0.2) is 25.0 Å². The van der Waals surface area contributed by atoms with Crippen molar-refractivity contribution in [3.8, 4) is 17.6 Å². The molecule has 0 aliphatic carbocycles. The van der Waals surface area contributed by atoms with Crippen LogP contribution in [0, 0.1) is 11.3 Å². The summed E-state index contributed by atoms with van der Waals surface area (Å²) in [6.45, 7) is 0.163. The molecule has 2 rings (SSSR count). The second-order valence-electron chi connectivity index (χ2n) is 5.29. The predicted molar refractivity (Wildman–Crippen MR) is 94.1 cm³/mol. The van der Waals surface area contributed by atoms with Gasteiger partial charge in [0, 0.05) is 6.42 Å². The molecule has 0 aliphatic heterocycles. The topological polar surface area (TPSA) is 100 Å². The lowest BCUT2D eigenvalue weighted by atomic mass is 10.2. The van der Waals surface area contributed by atoms with Crippen LogP contribution in [0.1, 0.15) is 18.4 Å². The Morgan fingerprint density at radius 2 is 1.54 bits per heavy atom. The molecule has 0 saturated heterocycles. The number of hydrogen-bond acceptors (Lipinski definition) is 5. The number of benzene rings is 2. The Balaban J connectivity index is 1.56. The minimum Gasteiger partial charge on any atom is -0.494 e. The van der Waals surface area contributed by atoms with Crippen molar-refractivity contribution < 1.29 is 19.1 Å². The predicted octanol–water partition coefficient (Wildman–Crippen LogP) is 1.94. The van der Waals surface area contributed by atoms with Gasteiger partial charge in [0.25, 0.3) is 5.91 Å². The first-order chi connectivity index (χ1) is 12.7. The molecule has 0 aromatic heterocycles. The van der Waals surface area contributed by atoms with Gasteiger partial charge in [-0.3, -0.25) is 20.4 Å². The van der Waals surface area contributed by atoms with Gasteiger partial charge in [-0.2, -0.15) is 5.26 Å². The van der Waals surface area contributed by atoms with E-state index in [-0.39, 0.29) is 18.9 Å². The van der Waals surface area contributed by atoms with Crippen LogP contribution in [0.3, 0.4) is 0 Å². The number of carbonyl (C=O) groups excluding carboxylic acids is 2. The van der Waals surface area contributed by atoms with Gasteiger partial charge in [-0.25, -0.2) is 0 Å². The van der Waals surface area contributed by atoms with Gasteiger partial charge in [-0.05, 0) is 42.8 Å². The number of rotatable bonds is 8. The van der Waals surface area contributed by atoms with E-state index in [1.54, 1.807) is 24.3 Å². The highest BCUT2D eigenvalue weighted by molar-refractivity contribution is 5.82. The van der Waals surface area contributed by atoms with E-state index in [1.165, 1.54) is 0 Å². The standard InChI is InChI=1S/C19H19N3O4/c20-13-15-8-10-17(11-9-15)26-14-19(24)22-21-18(23)7-4-12-25-16-5-2-1-3-6-16/h1-3,5-6,8-11H,4,7,12,14H2,(H,21,23)(H,22,24). The Labute approximate surface area is 151 Å². The number of carbonyl (C=O) groups is 2. The minimum atomic E-state index is -0.483. The summed E-state index contributed by atoms with van der Waals surface area (Å²) in [6.07, 6.45) is 0.752. The van der Waals surface area contributed by atoms with Crippen molar-refractivity contribution in [2.24, 2.45) is 0 Å². The summed E-state index contributed by atoms with van der Waals surface area (Å²) >= 11 is 0. The highest BCUT2D eigenvalue weighted by atomic mass is 16.5. The molecule has 0 aliphatic rings. The Morgan fingerprint density at radius 3 is 2.23 bits per heavy atom. The molecule has 0 heterocycles. The molecule has 26 heavy (non-hydrogen) atoms. The first-order valence-corrected chi connectivity index (χ1v) is 8.06. The number of nitriles is 1. The molecular weight excluding hydrogens is 334 g/mol. The maximum Gasteiger partial charge on any atom is 0.276 e. The van der Waals surface area contributed by atoms with Gasteiger partial charge in [-0.15, -0.1) is 0 Å². The van der Waals surface area contributed by atoms with Crippen molar-refractivity contribution in [1.82, 2.24) is 10.9 Å². The number of nitrogens with one attached hydrogen (secondary N) is 2. The number of ether oxygens (including phenoxy) is 2. The van der Waals surface area contributed by atoms with Crippen molar-refractivity contribution in [3.63, 3.8) is 0 Å². The smallest absolute Gasteiger partial charge is 0.276 e. The summed E-state index contributed by atoms with van der Waals surface area (Å²) in [5, 5.41) is 8.70. The second-order valence-corrected chi connectivity index (χ2v) is 5.29. The Hall–Kier alpha value is -3.53. The van der Waals surface area contributed by atoms with Crippen LogP contribution < -0.4 is 20.3 Å². The van der Waals surface area contributed by atoms with Gasteiger partial charge in [0.05, 0.1) is 18.2 Å². The zero-order valence-corrected chi connectivity index (χ0v) is 14.1. The van der Waals surface area contributed by atoms with Crippen molar-refractivity contribution in [2.75, 3.05) is 13.2 Å². The number of amides is 2. The molecule has 0 unspecified atom stereocenters. The highest BCUT2D eigenvalue weighted by Gasteiger charge is 2.06. The van der Waals surface area contributed by atoms with Crippen molar-refractivity contribution in [1.29, 1.82) is 5.26 Å². The quantitative estimate of drug-likeness (QED) is 0.558. The molecule has 2 aromatic carbocycles. The lowest BCUT2D eigenvalue weighted by molar-refractivity contribution is -0.130. The molecule has 134 valence electrons. The van der Waals surface area contributed by atoms with Crippen molar-refractivity contribution in [2.45, 2.75) is 12.8 Å². The number of para-hydroxylation sites is 1. The molecule has 2 aromatic rings. The maximum atomic E-state index is 11.7. The van der Waals surface area contributed by atoms with E-state index in [9.17, 15) is 9.59 Å². The largest absolute Gasteiger partial charge is 0.494 e. The van der Waals surface area contributed by atoms with E-state index >= 15 is 0 Å². The molecule has 7 nitrogen and oxygen atoms in total. The van der Waals surface area contributed by atoms with Gasteiger partial charge < -0.3 is 9.47 Å². The van der Waals surface area contributed by atoms with E-state index < -0.39 is 5.91 Å². The van der Waals surface area contributed by atoms with Gasteiger partial charge >= 0.3 is 0 Å². The van der Waals surface area contributed by atoms with Crippen LogP contribution in [0.4, 0.5) is 0 Å². The average Bonchev–Trinajstić information content (AvgIpc) is 2.69. The third kappa shape index (κ3) is 6.93. The molecule has 0 saturated carbocycles. The normalized spacial score (nSPS) is 9.65. The summed E-state index contributed by atoms with van der Waals surface area (Å²) in [6, 6.07) is 17.7. The number of nitrogens with zero attached hydrogens (tertiary/aromatic N) is 1. The summed E-state index contributed by atoms with van der Waals surface area (Å²) in [7, 11) is 0.